The van der Waals surface area contributed by atoms with E-state index in [2.05, 4.69) is 0 Å². The monoisotopic (exact) mass is 158 g/mol. The summed E-state index contributed by atoms with van der Waals surface area (Å²) < 4.78 is 0. The van der Waals surface area contributed by atoms with Crippen molar-refractivity contribution >= 4 is 11.6 Å². The van der Waals surface area contributed by atoms with Crippen molar-refractivity contribution in [1.82, 2.24) is 0 Å². The lowest BCUT2D eigenvalue weighted by molar-refractivity contribution is 0.421. The molecule has 0 spiro atoms. The van der Waals surface area contributed by atoms with Crippen molar-refractivity contribution in [3.05, 3.63) is 23.5 Å². The van der Waals surface area contributed by atoms with E-state index in [-0.39, 0.29) is 4.87 Å². The minimum absolute atomic E-state index is 0.285. The van der Waals surface area contributed by atoms with Crippen molar-refractivity contribution < 1.29 is 5.11 Å². The average Bonchev–Trinajstić information content (AvgIpc) is 1.81. The average molecular weight is 159 g/mol. The molecule has 10 heavy (non-hydrogen) atoms. The third kappa shape index (κ3) is 1.35. The number of halogens is 1. The fraction of sp³-hybridized carbons (Fsp3) is 0.500. The molecule has 1 nitrogen and oxygen atoms in total. The molecule has 0 saturated heterocycles. The van der Waals surface area contributed by atoms with Gasteiger partial charge in [-0.15, -0.1) is 11.6 Å². The van der Waals surface area contributed by atoms with Crippen LogP contribution >= 0.6 is 11.6 Å². The minimum Gasteiger partial charge on any atom is -0.508 e. The minimum atomic E-state index is -0.285. The summed E-state index contributed by atoms with van der Waals surface area (Å²) in [6, 6.07) is 0. The van der Waals surface area contributed by atoms with Gasteiger partial charge in [0.1, 0.15) is 5.76 Å². The molecule has 0 aromatic heterocycles. The largest absolute Gasteiger partial charge is 0.508 e. The predicted octanol–water partition coefficient (Wildman–Crippen LogP) is 2.78. The summed E-state index contributed by atoms with van der Waals surface area (Å²) in [7, 11) is 0. The van der Waals surface area contributed by atoms with Gasteiger partial charge in [0.05, 0.1) is 4.87 Å². The molecular weight excluding hydrogens is 148 g/mol. The number of hydrogen-bond acceptors (Lipinski definition) is 1. The van der Waals surface area contributed by atoms with E-state index in [1.165, 1.54) is 0 Å². The Morgan fingerprint density at radius 2 is 2.30 bits per heavy atom. The Hall–Kier alpha value is -0.430. The van der Waals surface area contributed by atoms with Crippen LogP contribution in [-0.2, 0) is 0 Å². The molecule has 0 amide bonds. The molecule has 56 valence electrons. The Morgan fingerprint density at radius 3 is 2.70 bits per heavy atom. The molecule has 0 radical (unpaired) electrons. The van der Waals surface area contributed by atoms with Gasteiger partial charge in [0.15, 0.2) is 0 Å². The zero-order chi connectivity index (χ0) is 7.78. The normalized spacial score (nSPS) is 33.1. The third-order valence-electron chi connectivity index (χ3n) is 1.88. The Balaban J connectivity index is 2.88. The fourth-order valence-corrected chi connectivity index (χ4v) is 1.02. The second-order valence-corrected chi connectivity index (χ2v) is 3.69. The van der Waals surface area contributed by atoms with Gasteiger partial charge < -0.3 is 5.11 Å². The van der Waals surface area contributed by atoms with Crippen molar-refractivity contribution in [2.45, 2.75) is 25.1 Å². The van der Waals surface area contributed by atoms with Crippen LogP contribution in [0, 0.1) is 0 Å². The summed E-state index contributed by atoms with van der Waals surface area (Å²) in [5, 5.41) is 9.04. The number of aliphatic hydroxyl groups excluding tert-OH is 1. The van der Waals surface area contributed by atoms with Gasteiger partial charge in [-0.1, -0.05) is 0 Å². The van der Waals surface area contributed by atoms with Gasteiger partial charge in [0.25, 0.3) is 0 Å². The van der Waals surface area contributed by atoms with Crippen LogP contribution < -0.4 is 0 Å². The number of hydrogen-bond donors (Lipinski definition) is 1. The van der Waals surface area contributed by atoms with Crippen LogP contribution in [0.1, 0.15) is 20.3 Å². The lowest BCUT2D eigenvalue weighted by Crippen LogP contribution is -2.19. The molecule has 1 aliphatic rings. The van der Waals surface area contributed by atoms with Crippen LogP contribution in [0.5, 0.6) is 0 Å². The Bertz CT molecular complexity index is 201. The zero-order valence-electron chi connectivity index (χ0n) is 6.19. The first-order valence-electron chi connectivity index (χ1n) is 3.29. The van der Waals surface area contributed by atoms with Gasteiger partial charge in [-0.05, 0) is 38.0 Å². The quantitative estimate of drug-likeness (QED) is 0.538. The summed E-state index contributed by atoms with van der Waals surface area (Å²) in [5.74, 6) is 0.329. The van der Waals surface area contributed by atoms with Gasteiger partial charge in [0, 0.05) is 0 Å². The summed E-state index contributed by atoms with van der Waals surface area (Å²) >= 11 is 6.06. The highest BCUT2D eigenvalue weighted by molar-refractivity contribution is 6.25. The molecule has 0 aliphatic heterocycles. The van der Waals surface area contributed by atoms with Gasteiger partial charge in [-0.3, -0.25) is 0 Å². The van der Waals surface area contributed by atoms with Crippen molar-refractivity contribution in [1.29, 1.82) is 0 Å². The van der Waals surface area contributed by atoms with Crippen LogP contribution in [0.2, 0.25) is 0 Å². The summed E-state index contributed by atoms with van der Waals surface area (Å²) in [6.07, 6.45) is 4.15. The molecule has 0 aromatic rings. The number of allylic oxidation sites excluding steroid dienone is 3. The number of aliphatic hydroxyl groups is 1. The van der Waals surface area contributed by atoms with Crippen molar-refractivity contribution in [2.75, 3.05) is 0 Å². The van der Waals surface area contributed by atoms with Crippen molar-refractivity contribution in [3.63, 3.8) is 0 Å². The van der Waals surface area contributed by atoms with Gasteiger partial charge in [-0.2, -0.15) is 0 Å². The molecule has 1 rings (SSSR count). The molecule has 0 fully saturated rings. The molecular formula is C8H11ClO. The topological polar surface area (TPSA) is 20.2 Å². The van der Waals surface area contributed by atoms with Crippen molar-refractivity contribution in [2.24, 2.45) is 0 Å². The highest BCUT2D eigenvalue weighted by atomic mass is 35.5. The van der Waals surface area contributed by atoms with E-state index in [0.717, 1.165) is 5.57 Å². The highest BCUT2D eigenvalue weighted by Crippen LogP contribution is 2.32. The Labute approximate surface area is 66.0 Å². The molecule has 0 bridgehead atoms. The molecule has 0 saturated carbocycles. The van der Waals surface area contributed by atoms with Gasteiger partial charge in [-0.25, -0.2) is 0 Å². The maximum absolute atomic E-state index is 9.04. The first-order chi connectivity index (χ1) is 4.52. The molecule has 0 aromatic carbocycles. The number of rotatable bonds is 0. The van der Waals surface area contributed by atoms with E-state index >= 15 is 0 Å². The molecule has 1 unspecified atom stereocenters. The fourth-order valence-electron chi connectivity index (χ4n) is 0.888. The maximum Gasteiger partial charge on any atom is 0.111 e. The maximum atomic E-state index is 9.04. The second-order valence-electron chi connectivity index (χ2n) is 2.86. The molecule has 1 aliphatic carbocycles. The van der Waals surface area contributed by atoms with Crippen molar-refractivity contribution in [3.8, 4) is 0 Å². The molecule has 1 atom stereocenters. The van der Waals surface area contributed by atoms with Crippen LogP contribution in [0.4, 0.5) is 0 Å². The smallest absolute Gasteiger partial charge is 0.111 e. The SMILES string of the molecule is CC1=CC(O)=CCC1(C)Cl. The van der Waals surface area contributed by atoms with E-state index in [9.17, 15) is 0 Å². The van der Waals surface area contributed by atoms with E-state index < -0.39 is 0 Å². The predicted molar refractivity (Wildman–Crippen MR) is 43.3 cm³/mol. The van der Waals surface area contributed by atoms with Gasteiger partial charge >= 0.3 is 0 Å². The molecule has 1 N–H and O–H groups in total. The van der Waals surface area contributed by atoms with Crippen LogP contribution in [-0.4, -0.2) is 9.98 Å². The highest BCUT2D eigenvalue weighted by Gasteiger charge is 2.24. The van der Waals surface area contributed by atoms with E-state index in [1.807, 2.05) is 13.8 Å². The summed E-state index contributed by atoms with van der Waals surface area (Å²) in [6.45, 7) is 3.87. The van der Waals surface area contributed by atoms with Crippen LogP contribution in [0.15, 0.2) is 23.5 Å². The van der Waals surface area contributed by atoms with Crippen LogP contribution in [0.25, 0.3) is 0 Å². The van der Waals surface area contributed by atoms with E-state index in [0.29, 0.717) is 12.2 Å². The Morgan fingerprint density at radius 1 is 1.70 bits per heavy atom. The summed E-state index contributed by atoms with van der Waals surface area (Å²) in [5.41, 5.74) is 1.02. The lowest BCUT2D eigenvalue weighted by atomic mass is 9.93. The second kappa shape index (κ2) is 2.31. The number of alkyl halides is 1. The standard InChI is InChI=1S/C8H11ClO/c1-6-5-7(10)3-4-8(6,2)9/h3,5,10H,4H2,1-2H3. The first kappa shape index (κ1) is 7.67. The van der Waals surface area contributed by atoms with Crippen LogP contribution in [0.3, 0.4) is 0 Å². The van der Waals surface area contributed by atoms with E-state index in [4.69, 9.17) is 16.7 Å². The van der Waals surface area contributed by atoms with E-state index in [1.54, 1.807) is 12.2 Å². The van der Waals surface area contributed by atoms with Gasteiger partial charge in [0.2, 0.25) is 0 Å². The zero-order valence-corrected chi connectivity index (χ0v) is 6.94. The summed E-state index contributed by atoms with van der Waals surface area (Å²) in [4.78, 5) is -0.285. The molecule has 0 heterocycles. The first-order valence-corrected chi connectivity index (χ1v) is 3.67. The third-order valence-corrected chi connectivity index (χ3v) is 2.33. The Kier molecular flexibility index (Phi) is 1.78. The lowest BCUT2D eigenvalue weighted by Gasteiger charge is -2.24. The molecule has 2 heteroatoms.